The van der Waals surface area contributed by atoms with E-state index in [1.165, 1.54) is 11.0 Å². The number of allylic oxidation sites excluding steroid dienone is 1. The topological polar surface area (TPSA) is 134 Å². The summed E-state index contributed by atoms with van der Waals surface area (Å²) in [4.78, 5) is 48.5. The minimum absolute atomic E-state index is 0.0596. The summed E-state index contributed by atoms with van der Waals surface area (Å²) < 4.78 is 0. The summed E-state index contributed by atoms with van der Waals surface area (Å²) in [6, 6.07) is 6.94. The van der Waals surface area contributed by atoms with Gasteiger partial charge in [-0.05, 0) is 44.0 Å². The maximum absolute atomic E-state index is 12.5. The molecular weight excluding hydrogens is 514 g/mol. The molecule has 0 spiro atoms. The van der Waals surface area contributed by atoms with Crippen molar-refractivity contribution in [2.45, 2.75) is 26.3 Å². The van der Waals surface area contributed by atoms with Gasteiger partial charge >= 0.3 is 0 Å². The third-order valence-electron chi connectivity index (χ3n) is 5.26. The fourth-order valence-corrected chi connectivity index (χ4v) is 3.43. The van der Waals surface area contributed by atoms with Crippen LogP contribution in [0.2, 0.25) is 0 Å². The van der Waals surface area contributed by atoms with E-state index >= 15 is 0 Å². The molecular formula is C24H32BrN7O3. The fourth-order valence-electron chi connectivity index (χ4n) is 3.24. The minimum atomic E-state index is -0.674. The third-order valence-corrected chi connectivity index (χ3v) is 5.64. The Morgan fingerprint density at radius 2 is 1.91 bits per heavy atom. The van der Waals surface area contributed by atoms with Gasteiger partial charge in [0.25, 0.3) is 5.91 Å². The lowest BCUT2D eigenvalue weighted by molar-refractivity contribution is -0.135. The molecule has 1 atom stereocenters. The Hall–Kier alpha value is -3.47. The van der Waals surface area contributed by atoms with Crippen LogP contribution < -0.4 is 21.3 Å². The Labute approximate surface area is 214 Å². The van der Waals surface area contributed by atoms with Crippen LogP contribution in [0.25, 0.3) is 0 Å². The lowest BCUT2D eigenvalue weighted by Gasteiger charge is -2.23. The number of nitrogens with two attached hydrogens (primary N) is 1. The summed E-state index contributed by atoms with van der Waals surface area (Å²) in [5.41, 5.74) is 7.83. The lowest BCUT2D eigenvalue weighted by Crippen LogP contribution is -2.45. The van der Waals surface area contributed by atoms with Gasteiger partial charge in [-0.15, -0.1) is 0 Å². The molecule has 0 saturated carbocycles. The molecule has 2 rings (SSSR count). The standard InChI is InChI=1S/C24H32BrN7O3/c1-15-23(31(3)4)30-22(20(28-15)21(26)34)29-18-9-6-8-17(14-18)11-13-27-24(35)16(2)32(5)19(33)10-7-12-25/h6-10,14,16H,11-13H2,1-5H3,(H2,26,34)(H,27,35)(H,29,30). The second kappa shape index (κ2) is 12.8. The van der Waals surface area contributed by atoms with E-state index in [4.69, 9.17) is 5.73 Å². The van der Waals surface area contributed by atoms with Gasteiger partial charge in [0, 0.05) is 38.7 Å². The second-order valence-corrected chi connectivity index (χ2v) is 8.78. The molecule has 11 heteroatoms. The molecule has 35 heavy (non-hydrogen) atoms. The average molecular weight is 546 g/mol. The molecule has 0 saturated heterocycles. The number of primary amides is 1. The summed E-state index contributed by atoms with van der Waals surface area (Å²) in [7, 11) is 5.28. The van der Waals surface area contributed by atoms with Crippen LogP contribution in [0, 0.1) is 6.92 Å². The van der Waals surface area contributed by atoms with Crippen molar-refractivity contribution in [3.05, 3.63) is 53.4 Å². The molecule has 0 bridgehead atoms. The molecule has 1 unspecified atom stereocenters. The van der Waals surface area contributed by atoms with Crippen LogP contribution in [0.3, 0.4) is 0 Å². The number of aryl methyl sites for hydroxylation is 1. The summed E-state index contributed by atoms with van der Waals surface area (Å²) in [5, 5.41) is 6.57. The highest BCUT2D eigenvalue weighted by Gasteiger charge is 2.20. The van der Waals surface area contributed by atoms with E-state index in [1.807, 2.05) is 38.4 Å². The van der Waals surface area contributed by atoms with Gasteiger partial charge in [-0.25, -0.2) is 9.97 Å². The number of rotatable bonds is 11. The van der Waals surface area contributed by atoms with Gasteiger partial charge in [0.15, 0.2) is 17.3 Å². The van der Waals surface area contributed by atoms with Gasteiger partial charge in [-0.3, -0.25) is 14.4 Å². The van der Waals surface area contributed by atoms with E-state index in [1.54, 1.807) is 31.9 Å². The van der Waals surface area contributed by atoms with Gasteiger partial charge in [0.05, 0.1) is 5.69 Å². The number of likely N-dealkylation sites (N-methyl/N-ethyl adjacent to an activating group) is 1. The van der Waals surface area contributed by atoms with Crippen molar-refractivity contribution in [1.29, 1.82) is 0 Å². The van der Waals surface area contributed by atoms with Crippen LogP contribution in [0.5, 0.6) is 0 Å². The van der Waals surface area contributed by atoms with Gasteiger partial charge < -0.3 is 26.2 Å². The zero-order valence-corrected chi connectivity index (χ0v) is 22.2. The van der Waals surface area contributed by atoms with E-state index in [-0.39, 0.29) is 23.3 Å². The zero-order valence-electron chi connectivity index (χ0n) is 20.6. The molecule has 0 fully saturated rings. The second-order valence-electron chi connectivity index (χ2n) is 8.14. The lowest BCUT2D eigenvalue weighted by atomic mass is 10.1. The third kappa shape index (κ3) is 7.78. The molecule has 0 aliphatic carbocycles. The van der Waals surface area contributed by atoms with Gasteiger partial charge in [-0.2, -0.15) is 0 Å². The van der Waals surface area contributed by atoms with Crippen LogP contribution in [-0.4, -0.2) is 71.6 Å². The quantitative estimate of drug-likeness (QED) is 0.291. The Morgan fingerprint density at radius 3 is 2.54 bits per heavy atom. The van der Waals surface area contributed by atoms with Crippen LogP contribution >= 0.6 is 15.9 Å². The van der Waals surface area contributed by atoms with E-state index < -0.39 is 11.9 Å². The number of nitrogens with one attached hydrogen (secondary N) is 2. The molecule has 1 aromatic heterocycles. The molecule has 10 nitrogen and oxygen atoms in total. The summed E-state index contributed by atoms with van der Waals surface area (Å²) in [5.74, 6) is -0.255. The number of amides is 3. The van der Waals surface area contributed by atoms with Crippen LogP contribution in [-0.2, 0) is 16.0 Å². The van der Waals surface area contributed by atoms with Crippen molar-refractivity contribution in [3.63, 3.8) is 0 Å². The van der Waals surface area contributed by atoms with Crippen molar-refractivity contribution in [1.82, 2.24) is 20.2 Å². The highest BCUT2D eigenvalue weighted by molar-refractivity contribution is 9.09. The maximum Gasteiger partial charge on any atom is 0.271 e. The SMILES string of the molecule is Cc1nc(C(N)=O)c(Nc2cccc(CCNC(=O)C(C)N(C)C(=O)C=CCBr)c2)nc1N(C)C. The number of nitrogens with zero attached hydrogens (tertiary/aromatic N) is 4. The molecule has 3 amide bonds. The van der Waals surface area contributed by atoms with Crippen molar-refractivity contribution in [2.24, 2.45) is 5.73 Å². The summed E-state index contributed by atoms with van der Waals surface area (Å²) >= 11 is 3.22. The number of carbonyl (C=O) groups excluding carboxylic acids is 3. The number of halogens is 1. The van der Waals surface area contributed by atoms with Gasteiger partial charge in [0.2, 0.25) is 11.8 Å². The first-order valence-electron chi connectivity index (χ1n) is 11.0. The highest BCUT2D eigenvalue weighted by atomic mass is 79.9. The molecule has 0 aliphatic heterocycles. The number of anilines is 3. The molecule has 2 aromatic rings. The minimum Gasteiger partial charge on any atom is -0.364 e. The molecule has 4 N–H and O–H groups in total. The number of carbonyl (C=O) groups is 3. The fraction of sp³-hybridized carbons (Fsp3) is 0.375. The van der Waals surface area contributed by atoms with Crippen LogP contribution in [0.4, 0.5) is 17.3 Å². The monoisotopic (exact) mass is 545 g/mol. The largest absolute Gasteiger partial charge is 0.364 e. The molecule has 1 heterocycles. The van der Waals surface area contributed by atoms with E-state index in [0.717, 1.165) is 5.56 Å². The van der Waals surface area contributed by atoms with E-state index in [0.29, 0.717) is 35.5 Å². The number of aromatic nitrogens is 2. The van der Waals surface area contributed by atoms with Crippen molar-refractivity contribution >= 4 is 51.0 Å². The van der Waals surface area contributed by atoms with E-state index in [9.17, 15) is 14.4 Å². The first-order chi connectivity index (χ1) is 16.5. The Balaban J connectivity index is 2.05. The average Bonchev–Trinajstić information content (AvgIpc) is 2.82. The number of hydrogen-bond acceptors (Lipinski definition) is 7. The van der Waals surface area contributed by atoms with Crippen molar-refractivity contribution in [3.8, 4) is 0 Å². The summed E-state index contributed by atoms with van der Waals surface area (Å²) in [6.07, 6.45) is 3.68. The Bertz CT molecular complexity index is 1100. The first kappa shape index (κ1) is 27.8. The molecule has 1 aromatic carbocycles. The highest BCUT2D eigenvalue weighted by Crippen LogP contribution is 2.23. The number of hydrogen-bond donors (Lipinski definition) is 3. The Kier molecular flexibility index (Phi) is 10.2. The summed E-state index contributed by atoms with van der Waals surface area (Å²) in [6.45, 7) is 3.84. The van der Waals surface area contributed by atoms with Crippen LogP contribution in [0.1, 0.15) is 28.7 Å². The number of benzene rings is 1. The van der Waals surface area contributed by atoms with Gasteiger partial charge in [-0.1, -0.05) is 34.1 Å². The normalized spacial score (nSPS) is 11.7. The first-order valence-corrected chi connectivity index (χ1v) is 12.2. The smallest absolute Gasteiger partial charge is 0.271 e. The molecule has 0 aliphatic rings. The molecule has 188 valence electrons. The van der Waals surface area contributed by atoms with Crippen LogP contribution in [0.15, 0.2) is 36.4 Å². The maximum atomic E-state index is 12.5. The van der Waals surface area contributed by atoms with Crippen molar-refractivity contribution in [2.75, 3.05) is 43.2 Å². The van der Waals surface area contributed by atoms with Crippen molar-refractivity contribution < 1.29 is 14.4 Å². The predicted octanol–water partition coefficient (Wildman–Crippen LogP) is 2.15. The number of alkyl halides is 1. The predicted molar refractivity (Wildman–Crippen MR) is 141 cm³/mol. The van der Waals surface area contributed by atoms with E-state index in [2.05, 4.69) is 36.5 Å². The van der Waals surface area contributed by atoms with Gasteiger partial charge in [0.1, 0.15) is 6.04 Å². The molecule has 0 radical (unpaired) electrons. The Morgan fingerprint density at radius 1 is 1.20 bits per heavy atom. The zero-order chi connectivity index (χ0) is 26.1.